The quantitative estimate of drug-likeness (QED) is 0.842. The number of Topliss-reactive ketones (excluding diaryl/α,β-unsaturated/α-hetero) is 1. The average Bonchev–Trinajstić information content (AvgIpc) is 2.46. The zero-order valence-electron chi connectivity index (χ0n) is 11.7. The topological polar surface area (TPSA) is 46.5 Å². The highest BCUT2D eigenvalue weighted by molar-refractivity contribution is 5.96. The predicted octanol–water partition coefficient (Wildman–Crippen LogP) is 3.74. The average molecular weight is 270 g/mol. The van der Waals surface area contributed by atoms with E-state index in [1.54, 1.807) is 6.07 Å². The second-order valence-corrected chi connectivity index (χ2v) is 4.66. The van der Waals surface area contributed by atoms with Crippen molar-refractivity contribution >= 4 is 5.78 Å². The molecule has 0 saturated carbocycles. The first-order valence-corrected chi connectivity index (χ1v) is 6.65. The van der Waals surface area contributed by atoms with Crippen molar-refractivity contribution in [2.45, 2.75) is 26.9 Å². The van der Waals surface area contributed by atoms with Gasteiger partial charge in [-0.05, 0) is 36.6 Å². The first-order chi connectivity index (χ1) is 9.61. The van der Waals surface area contributed by atoms with Gasteiger partial charge in [-0.15, -0.1) is 0 Å². The highest BCUT2D eigenvalue weighted by Crippen LogP contribution is 2.31. The van der Waals surface area contributed by atoms with Crippen LogP contribution in [0.4, 0.5) is 0 Å². The van der Waals surface area contributed by atoms with E-state index in [1.165, 1.54) is 13.0 Å². The van der Waals surface area contributed by atoms with Crippen LogP contribution in [0, 0.1) is 0 Å². The molecule has 0 aromatic heterocycles. The van der Waals surface area contributed by atoms with Crippen molar-refractivity contribution in [3.8, 4) is 11.5 Å². The summed E-state index contributed by atoms with van der Waals surface area (Å²) < 4.78 is 5.64. The van der Waals surface area contributed by atoms with Gasteiger partial charge in [0.2, 0.25) is 0 Å². The fourth-order valence-electron chi connectivity index (χ4n) is 2.08. The smallest absolute Gasteiger partial charge is 0.161 e. The largest absolute Gasteiger partial charge is 0.504 e. The lowest BCUT2D eigenvalue weighted by Gasteiger charge is -2.12. The standard InChI is InChI=1S/C17H18O3/c1-3-14-9-17(16(19)10-15(14)12(2)18)20-11-13-7-5-4-6-8-13/h4-10,19H,3,11H2,1-2H3. The van der Waals surface area contributed by atoms with E-state index in [0.717, 1.165) is 17.5 Å². The van der Waals surface area contributed by atoms with Crippen molar-refractivity contribution in [1.82, 2.24) is 0 Å². The Morgan fingerprint density at radius 3 is 2.50 bits per heavy atom. The van der Waals surface area contributed by atoms with Gasteiger partial charge in [-0.3, -0.25) is 4.79 Å². The van der Waals surface area contributed by atoms with Gasteiger partial charge < -0.3 is 9.84 Å². The third kappa shape index (κ3) is 3.18. The zero-order chi connectivity index (χ0) is 14.5. The van der Waals surface area contributed by atoms with Gasteiger partial charge in [-0.2, -0.15) is 0 Å². The summed E-state index contributed by atoms with van der Waals surface area (Å²) in [4.78, 5) is 11.5. The molecule has 2 aromatic rings. The van der Waals surface area contributed by atoms with E-state index in [4.69, 9.17) is 4.74 Å². The van der Waals surface area contributed by atoms with Crippen LogP contribution < -0.4 is 4.74 Å². The Labute approximate surface area is 118 Å². The molecule has 104 valence electrons. The lowest BCUT2D eigenvalue weighted by molar-refractivity contribution is 0.101. The van der Waals surface area contributed by atoms with Crippen molar-refractivity contribution < 1.29 is 14.6 Å². The second kappa shape index (κ2) is 6.24. The molecule has 0 saturated heterocycles. The summed E-state index contributed by atoms with van der Waals surface area (Å²) in [6, 6.07) is 13.0. The second-order valence-electron chi connectivity index (χ2n) is 4.66. The van der Waals surface area contributed by atoms with Gasteiger partial charge in [0.25, 0.3) is 0 Å². The summed E-state index contributed by atoms with van der Waals surface area (Å²) in [6.07, 6.45) is 0.719. The zero-order valence-corrected chi connectivity index (χ0v) is 11.7. The molecule has 0 unspecified atom stereocenters. The molecule has 2 aromatic carbocycles. The summed E-state index contributed by atoms with van der Waals surface area (Å²) in [5.41, 5.74) is 2.47. The number of ether oxygens (including phenoxy) is 1. The van der Waals surface area contributed by atoms with E-state index < -0.39 is 0 Å². The van der Waals surface area contributed by atoms with E-state index in [0.29, 0.717) is 17.9 Å². The maximum atomic E-state index is 11.5. The summed E-state index contributed by atoms with van der Waals surface area (Å²) in [6.45, 7) is 3.86. The minimum absolute atomic E-state index is 0.00308. The van der Waals surface area contributed by atoms with Crippen molar-refractivity contribution in [2.75, 3.05) is 0 Å². The lowest BCUT2D eigenvalue weighted by Crippen LogP contribution is -2.01. The molecule has 1 N–H and O–H groups in total. The van der Waals surface area contributed by atoms with Gasteiger partial charge in [-0.1, -0.05) is 37.3 Å². The van der Waals surface area contributed by atoms with Crippen LogP contribution in [0.15, 0.2) is 42.5 Å². The van der Waals surface area contributed by atoms with Crippen LogP contribution in [0.3, 0.4) is 0 Å². The monoisotopic (exact) mass is 270 g/mol. The third-order valence-electron chi connectivity index (χ3n) is 3.18. The normalized spacial score (nSPS) is 10.3. The maximum Gasteiger partial charge on any atom is 0.161 e. The molecule has 20 heavy (non-hydrogen) atoms. The molecule has 0 bridgehead atoms. The van der Waals surface area contributed by atoms with Crippen LogP contribution in [-0.4, -0.2) is 10.9 Å². The molecule has 0 spiro atoms. The first kappa shape index (κ1) is 14.1. The molecule has 0 aliphatic rings. The number of phenolic OH excluding ortho intramolecular Hbond substituents is 1. The number of rotatable bonds is 5. The lowest BCUT2D eigenvalue weighted by atomic mass is 10.0. The molecule has 0 aliphatic heterocycles. The molecule has 3 heteroatoms. The fourth-order valence-corrected chi connectivity index (χ4v) is 2.08. The third-order valence-corrected chi connectivity index (χ3v) is 3.18. The number of aryl methyl sites for hydroxylation is 1. The van der Waals surface area contributed by atoms with Gasteiger partial charge in [-0.25, -0.2) is 0 Å². The Bertz CT molecular complexity index is 603. The number of hydrogen-bond acceptors (Lipinski definition) is 3. The van der Waals surface area contributed by atoms with Gasteiger partial charge in [0.15, 0.2) is 17.3 Å². The first-order valence-electron chi connectivity index (χ1n) is 6.65. The number of phenols is 1. The maximum absolute atomic E-state index is 11.5. The number of carbonyl (C=O) groups is 1. The van der Waals surface area contributed by atoms with E-state index in [9.17, 15) is 9.90 Å². The Balaban J connectivity index is 2.22. The molecule has 0 radical (unpaired) electrons. The molecule has 0 amide bonds. The van der Waals surface area contributed by atoms with E-state index in [2.05, 4.69) is 0 Å². The number of benzene rings is 2. The molecule has 0 fully saturated rings. The highest BCUT2D eigenvalue weighted by Gasteiger charge is 2.12. The summed E-state index contributed by atoms with van der Waals surface area (Å²) in [7, 11) is 0. The number of carbonyl (C=O) groups excluding carboxylic acids is 1. The van der Waals surface area contributed by atoms with Crippen LogP contribution >= 0.6 is 0 Å². The van der Waals surface area contributed by atoms with Gasteiger partial charge in [0.05, 0.1) is 0 Å². The van der Waals surface area contributed by atoms with Gasteiger partial charge >= 0.3 is 0 Å². The summed E-state index contributed by atoms with van der Waals surface area (Å²) in [5.74, 6) is 0.366. The minimum Gasteiger partial charge on any atom is -0.504 e. The molecule has 0 heterocycles. The highest BCUT2D eigenvalue weighted by atomic mass is 16.5. The molecule has 0 aliphatic carbocycles. The van der Waals surface area contributed by atoms with Crippen molar-refractivity contribution in [1.29, 1.82) is 0 Å². The van der Waals surface area contributed by atoms with E-state index in [1.807, 2.05) is 37.3 Å². The summed E-state index contributed by atoms with van der Waals surface area (Å²) in [5, 5.41) is 9.96. The predicted molar refractivity (Wildman–Crippen MR) is 78.3 cm³/mol. The Morgan fingerprint density at radius 2 is 1.90 bits per heavy atom. The van der Waals surface area contributed by atoms with Gasteiger partial charge in [0, 0.05) is 5.56 Å². The Kier molecular flexibility index (Phi) is 4.41. The fraction of sp³-hybridized carbons (Fsp3) is 0.235. The molecular weight excluding hydrogens is 252 g/mol. The SMILES string of the molecule is CCc1cc(OCc2ccccc2)c(O)cc1C(C)=O. The van der Waals surface area contributed by atoms with Crippen LogP contribution in [0.2, 0.25) is 0 Å². The van der Waals surface area contributed by atoms with Crippen molar-refractivity contribution in [3.63, 3.8) is 0 Å². The minimum atomic E-state index is -0.0493. The number of hydrogen-bond donors (Lipinski definition) is 1. The summed E-state index contributed by atoms with van der Waals surface area (Å²) >= 11 is 0. The molecule has 2 rings (SSSR count). The molecular formula is C17H18O3. The van der Waals surface area contributed by atoms with Crippen molar-refractivity contribution in [3.05, 3.63) is 59.2 Å². The van der Waals surface area contributed by atoms with E-state index in [-0.39, 0.29) is 11.5 Å². The van der Waals surface area contributed by atoms with Crippen LogP contribution in [0.1, 0.15) is 35.3 Å². The van der Waals surface area contributed by atoms with E-state index >= 15 is 0 Å². The van der Waals surface area contributed by atoms with Crippen LogP contribution in [0.25, 0.3) is 0 Å². The Hall–Kier alpha value is -2.29. The van der Waals surface area contributed by atoms with Crippen molar-refractivity contribution in [2.24, 2.45) is 0 Å². The van der Waals surface area contributed by atoms with Crippen LogP contribution in [0.5, 0.6) is 11.5 Å². The van der Waals surface area contributed by atoms with Crippen LogP contribution in [-0.2, 0) is 13.0 Å². The molecule has 0 atom stereocenters. The molecule has 3 nitrogen and oxygen atoms in total. The number of ketones is 1. The Morgan fingerprint density at radius 1 is 1.20 bits per heavy atom. The van der Waals surface area contributed by atoms with Gasteiger partial charge in [0.1, 0.15) is 6.61 Å². The number of aromatic hydroxyl groups is 1.